The molecule has 1 N–H and O–H groups in total. The Balaban J connectivity index is 2.72. The van der Waals surface area contributed by atoms with Crippen LogP contribution in [0.3, 0.4) is 0 Å². The Labute approximate surface area is 73.5 Å². The normalized spacial score (nSPS) is 9.85. The molecule has 1 rings (SSSR count). The highest BCUT2D eigenvalue weighted by atomic mass is 16.5. The number of hydrogen-bond donors (Lipinski definition) is 1. The average Bonchev–Trinajstić information content (AvgIpc) is 2.09. The van der Waals surface area contributed by atoms with Crippen LogP contribution in [0.2, 0.25) is 0 Å². The summed E-state index contributed by atoms with van der Waals surface area (Å²) in [5.74, 6) is 0. The van der Waals surface area contributed by atoms with Gasteiger partial charge in [0.2, 0.25) is 0 Å². The van der Waals surface area contributed by atoms with Crippen LogP contribution in [0.15, 0.2) is 28.4 Å². The minimum Gasteiger partial charge on any atom is -0.355 e. The molecule has 0 bridgehead atoms. The van der Waals surface area contributed by atoms with E-state index in [1.807, 2.05) is 4.98 Å². The first-order valence-corrected chi connectivity index (χ1v) is 3.59. The zero-order chi connectivity index (χ0) is 9.68. The van der Waals surface area contributed by atoms with Crippen LogP contribution in [-0.2, 0) is 11.5 Å². The van der Waals surface area contributed by atoms with E-state index in [-0.39, 0.29) is 6.73 Å². The summed E-state index contributed by atoms with van der Waals surface area (Å²) in [6.45, 7) is 3.77. The second-order valence-electron chi connectivity index (χ2n) is 2.23. The molecule has 6 heteroatoms. The van der Waals surface area contributed by atoms with Gasteiger partial charge in [0.25, 0.3) is 5.56 Å². The van der Waals surface area contributed by atoms with Gasteiger partial charge in [0.15, 0.2) is 0 Å². The van der Waals surface area contributed by atoms with Crippen molar-refractivity contribution in [2.24, 2.45) is 0 Å². The molecule has 0 unspecified atom stereocenters. The van der Waals surface area contributed by atoms with Gasteiger partial charge in [-0.15, -0.1) is 6.58 Å². The maximum Gasteiger partial charge on any atom is 0.346 e. The number of hydrogen-bond acceptors (Lipinski definition) is 4. The number of nitrogens with zero attached hydrogens (tertiary/aromatic N) is 2. The Kier molecular flexibility index (Phi) is 3.15. The molecule has 0 radical (unpaired) electrons. The number of rotatable bonds is 4. The Morgan fingerprint density at radius 1 is 1.69 bits per heavy atom. The second kappa shape index (κ2) is 4.36. The van der Waals surface area contributed by atoms with E-state index in [1.165, 1.54) is 0 Å². The van der Waals surface area contributed by atoms with Crippen molar-refractivity contribution in [2.45, 2.75) is 6.73 Å². The van der Waals surface area contributed by atoms with E-state index in [4.69, 9.17) is 4.74 Å². The van der Waals surface area contributed by atoms with Crippen LogP contribution in [0.5, 0.6) is 0 Å². The fourth-order valence-corrected chi connectivity index (χ4v) is 0.691. The molecule has 0 saturated heterocycles. The van der Waals surface area contributed by atoms with Crippen molar-refractivity contribution in [1.82, 2.24) is 14.8 Å². The molecule has 0 aliphatic carbocycles. The molecule has 0 atom stereocenters. The lowest BCUT2D eigenvalue weighted by molar-refractivity contribution is 0.0857. The van der Waals surface area contributed by atoms with Gasteiger partial charge in [-0.1, -0.05) is 6.08 Å². The number of nitrogens with one attached hydrogen (secondary N) is 1. The minimum atomic E-state index is -0.587. The van der Waals surface area contributed by atoms with Crippen LogP contribution in [0.1, 0.15) is 0 Å². The zero-order valence-electron chi connectivity index (χ0n) is 6.90. The van der Waals surface area contributed by atoms with E-state index < -0.39 is 11.2 Å². The third-order valence-electron chi connectivity index (χ3n) is 1.23. The van der Waals surface area contributed by atoms with Crippen molar-refractivity contribution in [3.05, 3.63) is 39.7 Å². The molecular weight excluding hydrogens is 174 g/mol. The van der Waals surface area contributed by atoms with Gasteiger partial charge in [-0.25, -0.2) is 4.79 Å². The first-order valence-electron chi connectivity index (χ1n) is 3.59. The summed E-state index contributed by atoms with van der Waals surface area (Å²) in [4.78, 5) is 23.6. The highest BCUT2D eigenvalue weighted by Crippen LogP contribution is 1.77. The fraction of sp³-hybridized carbons (Fsp3) is 0.286. The largest absolute Gasteiger partial charge is 0.355 e. The highest BCUT2D eigenvalue weighted by Gasteiger charge is 1.95. The molecule has 6 nitrogen and oxygen atoms in total. The van der Waals surface area contributed by atoms with Crippen molar-refractivity contribution >= 4 is 0 Å². The van der Waals surface area contributed by atoms with Gasteiger partial charge in [0.1, 0.15) is 12.9 Å². The van der Waals surface area contributed by atoms with E-state index in [0.717, 1.165) is 10.9 Å². The highest BCUT2D eigenvalue weighted by molar-refractivity contribution is 4.68. The lowest BCUT2D eigenvalue weighted by atomic mass is 10.7. The van der Waals surface area contributed by atoms with E-state index in [0.29, 0.717) is 6.61 Å². The minimum absolute atomic E-state index is 0.00162. The van der Waals surface area contributed by atoms with Crippen LogP contribution in [0.4, 0.5) is 0 Å². The molecule has 0 fully saturated rings. The van der Waals surface area contributed by atoms with Crippen molar-refractivity contribution in [3.8, 4) is 0 Å². The lowest BCUT2D eigenvalue weighted by Gasteiger charge is -2.01. The molecule has 1 aromatic heterocycles. The number of H-pyrrole nitrogens is 1. The van der Waals surface area contributed by atoms with Crippen LogP contribution in [0.25, 0.3) is 0 Å². The van der Waals surface area contributed by atoms with Crippen molar-refractivity contribution in [3.63, 3.8) is 0 Å². The molecule has 70 valence electrons. The van der Waals surface area contributed by atoms with Crippen LogP contribution in [0, 0.1) is 0 Å². The number of aromatic nitrogens is 3. The van der Waals surface area contributed by atoms with Crippen LogP contribution < -0.4 is 11.2 Å². The Hall–Kier alpha value is -1.69. The maximum absolute atomic E-state index is 11.0. The smallest absolute Gasteiger partial charge is 0.346 e. The topological polar surface area (TPSA) is 77.0 Å². The van der Waals surface area contributed by atoms with Gasteiger partial charge in [-0.05, 0) is 0 Å². The van der Waals surface area contributed by atoms with E-state index in [9.17, 15) is 9.59 Å². The molecule has 0 aromatic carbocycles. The van der Waals surface area contributed by atoms with Gasteiger partial charge in [-0.3, -0.25) is 9.78 Å². The third kappa shape index (κ3) is 2.68. The predicted octanol–water partition coefficient (Wildman–Crippen LogP) is -0.908. The zero-order valence-corrected chi connectivity index (χ0v) is 6.90. The molecule has 0 spiro atoms. The Morgan fingerprint density at radius 2 is 2.46 bits per heavy atom. The molecule has 0 aliphatic rings. The summed E-state index contributed by atoms with van der Waals surface area (Å²) >= 11 is 0. The second-order valence-corrected chi connectivity index (χ2v) is 2.23. The molecule has 1 heterocycles. The fourth-order valence-electron chi connectivity index (χ4n) is 0.691. The average molecular weight is 183 g/mol. The summed E-state index contributed by atoms with van der Waals surface area (Å²) < 4.78 is 5.95. The first-order chi connectivity index (χ1) is 6.24. The predicted molar refractivity (Wildman–Crippen MR) is 45.3 cm³/mol. The van der Waals surface area contributed by atoms with Gasteiger partial charge < -0.3 is 4.74 Å². The van der Waals surface area contributed by atoms with Gasteiger partial charge in [0, 0.05) is 0 Å². The van der Waals surface area contributed by atoms with Crippen molar-refractivity contribution in [1.29, 1.82) is 0 Å². The molecule has 0 amide bonds. The molecule has 1 aromatic rings. The maximum atomic E-state index is 11.0. The summed E-state index contributed by atoms with van der Waals surface area (Å²) in [6, 6.07) is 0. The first kappa shape index (κ1) is 9.40. The monoisotopic (exact) mass is 183 g/mol. The van der Waals surface area contributed by atoms with Crippen molar-refractivity contribution in [2.75, 3.05) is 6.61 Å². The number of aromatic amines is 1. The number of ether oxygens (including phenoxy) is 1. The molecule has 0 aliphatic heterocycles. The van der Waals surface area contributed by atoms with Gasteiger partial charge in [-0.2, -0.15) is 9.78 Å². The summed E-state index contributed by atoms with van der Waals surface area (Å²) in [6.07, 6.45) is 2.56. The summed E-state index contributed by atoms with van der Waals surface area (Å²) in [7, 11) is 0. The van der Waals surface area contributed by atoms with E-state index in [1.54, 1.807) is 6.08 Å². The Morgan fingerprint density at radius 3 is 3.08 bits per heavy atom. The lowest BCUT2D eigenvalue weighted by Crippen LogP contribution is -2.32. The standard InChI is InChI=1S/C7H9N3O3/c1-2-3-13-5-10-7(12)9-6(11)4-8-10/h2,4H,1,3,5H2,(H,9,11,12). The quantitative estimate of drug-likeness (QED) is 0.484. The third-order valence-corrected chi connectivity index (χ3v) is 1.23. The van der Waals surface area contributed by atoms with Gasteiger partial charge in [0.05, 0.1) is 6.61 Å². The SMILES string of the molecule is C=CCOCn1ncc(=O)[nH]c1=O. The molecular formula is C7H9N3O3. The van der Waals surface area contributed by atoms with Gasteiger partial charge >= 0.3 is 5.69 Å². The van der Waals surface area contributed by atoms with Crippen LogP contribution >= 0.6 is 0 Å². The van der Waals surface area contributed by atoms with Crippen molar-refractivity contribution < 1.29 is 4.74 Å². The van der Waals surface area contributed by atoms with Crippen LogP contribution in [-0.4, -0.2) is 21.4 Å². The summed E-state index contributed by atoms with van der Waals surface area (Å²) in [5, 5.41) is 3.55. The summed E-state index contributed by atoms with van der Waals surface area (Å²) in [5.41, 5.74) is -1.11. The molecule has 0 saturated carbocycles. The Bertz CT molecular complexity index is 392. The van der Waals surface area contributed by atoms with E-state index >= 15 is 0 Å². The van der Waals surface area contributed by atoms with E-state index in [2.05, 4.69) is 11.7 Å². The molecule has 13 heavy (non-hydrogen) atoms.